The molecule has 0 aliphatic rings. The Labute approximate surface area is 460 Å². The summed E-state index contributed by atoms with van der Waals surface area (Å²) in [6, 6.07) is 36.6. The average molecular weight is 1210 g/mol. The molecule has 1 amide bonds. The van der Waals surface area contributed by atoms with Crippen molar-refractivity contribution in [3.63, 3.8) is 0 Å². The molecule has 6 rings (SSSR count). The lowest BCUT2D eigenvalue weighted by molar-refractivity contribution is -0.385. The van der Waals surface area contributed by atoms with E-state index in [0.717, 1.165) is 0 Å². The minimum atomic E-state index is -0.634. The number of halogens is 15. The number of benzene rings is 6. The molecule has 0 spiro atoms. The monoisotopic (exact) mass is 1200 g/mol. The number of alkyl halides is 1. The van der Waals surface area contributed by atoms with Crippen molar-refractivity contribution in [3.8, 4) is 18.2 Å². The Bertz CT molecular complexity index is 2490. The van der Waals surface area contributed by atoms with Crippen LogP contribution in [0.25, 0.3) is 0 Å². The van der Waals surface area contributed by atoms with Crippen molar-refractivity contribution in [1.82, 2.24) is 0 Å². The Hall–Kier alpha value is -3.39. The number of rotatable bonds is 2. The van der Waals surface area contributed by atoms with E-state index < -0.39 is 10.8 Å². The van der Waals surface area contributed by atoms with Crippen LogP contribution in [-0.4, -0.2) is 24.3 Å². The Morgan fingerprint density at radius 1 is 0.507 bits per heavy atom. The van der Waals surface area contributed by atoms with Gasteiger partial charge < -0.3 is 5.73 Å². The lowest BCUT2D eigenvalue weighted by atomic mass is 10.2. The normalized spacial score (nSPS) is 8.63. The molecule has 0 bridgehead atoms. The summed E-state index contributed by atoms with van der Waals surface area (Å²) in [6.07, 6.45) is 1.47. The second kappa shape index (κ2) is 40.5. The molecular weight excluding hydrogens is 1180 g/mol. The third-order valence-corrected chi connectivity index (χ3v) is 10.8. The molecule has 0 fully saturated rings. The van der Waals surface area contributed by atoms with Crippen LogP contribution in [0.5, 0.6) is 0 Å². The first kappa shape index (κ1) is 67.9. The van der Waals surface area contributed by atoms with E-state index in [1.165, 1.54) is 31.6 Å². The van der Waals surface area contributed by atoms with E-state index in [-0.39, 0.29) is 31.9 Å². The van der Waals surface area contributed by atoms with E-state index in [1.54, 1.807) is 103 Å². The molecule has 0 aliphatic carbocycles. The zero-order chi connectivity index (χ0) is 52.2. The van der Waals surface area contributed by atoms with E-state index in [9.17, 15) is 14.9 Å². The molecule has 0 unspecified atom stereocenters. The number of carbonyl (C=O) groups excluding carboxylic acids is 1. The molecule has 0 heterocycles. The van der Waals surface area contributed by atoms with Gasteiger partial charge in [-0.25, -0.2) is 0 Å². The van der Waals surface area contributed by atoms with Crippen molar-refractivity contribution >= 4 is 184 Å². The number of amides is 1. The molecule has 0 saturated heterocycles. The van der Waals surface area contributed by atoms with E-state index in [1.807, 2.05) is 12.1 Å². The summed E-state index contributed by atoms with van der Waals surface area (Å²) in [6.45, 7) is 0. The maximum absolute atomic E-state index is 10.7. The maximum atomic E-state index is 10.7. The molecule has 354 valence electrons. The van der Waals surface area contributed by atoms with Crippen molar-refractivity contribution in [2.24, 2.45) is 10.9 Å². The summed E-state index contributed by atoms with van der Waals surface area (Å²) in [5.41, 5.74) is 5.70. The van der Waals surface area contributed by atoms with Gasteiger partial charge in [0.05, 0.1) is 88.9 Å². The first-order valence-corrected chi connectivity index (χ1v) is 23.2. The maximum Gasteiger partial charge on any atom is 0.288 e. The number of nitriles is 3. The molecular formula is C42H27Cl15N6O4. The highest BCUT2D eigenvalue weighted by molar-refractivity contribution is 6.85. The summed E-state index contributed by atoms with van der Waals surface area (Å²) in [7, 11) is 9.42. The molecule has 0 atom stereocenters. The van der Waals surface area contributed by atoms with Crippen LogP contribution in [0.3, 0.4) is 0 Å². The van der Waals surface area contributed by atoms with Crippen LogP contribution in [0, 0.1) is 49.0 Å². The fourth-order valence-electron chi connectivity index (χ4n) is 3.62. The van der Waals surface area contributed by atoms with Crippen LogP contribution in [0.4, 0.5) is 5.69 Å². The highest BCUT2D eigenvalue weighted by atomic mass is 36.5. The predicted molar refractivity (Wildman–Crippen MR) is 283 cm³/mol. The van der Waals surface area contributed by atoms with Crippen molar-refractivity contribution in [1.29, 1.82) is 15.8 Å². The van der Waals surface area contributed by atoms with Gasteiger partial charge in [0, 0.05) is 34.2 Å². The Kier molecular flexibility index (Phi) is 41.0. The number of hydrogen-bond acceptors (Lipinski definition) is 8. The minimum absolute atomic E-state index is 0.0934. The SMILES string of the molecule is CCl.CN=O.ClCl.Clc1cccc(Cl)c1Cl.Clc1cccc(Cl)c1Cl.N#Cc1c(Cl)cccc1Cl.N#Cc1c(Cl)cccc1[N+](=O)[O-].N#Cc1ccccc1Cl.NC(=O)c1c(Cl)cccc1Cl. The average Bonchev–Trinajstić information content (AvgIpc) is 3.30. The first-order chi connectivity index (χ1) is 31.7. The summed E-state index contributed by atoms with van der Waals surface area (Å²) >= 11 is 71.9. The van der Waals surface area contributed by atoms with Crippen LogP contribution in [0.2, 0.25) is 60.3 Å². The largest absolute Gasteiger partial charge is 0.366 e. The molecule has 2 N–H and O–H groups in total. The number of nitro benzene ring substituents is 1. The van der Waals surface area contributed by atoms with Gasteiger partial charge in [-0.2, -0.15) is 20.7 Å². The molecule has 6 aromatic rings. The number of nitrogens with zero attached hydrogens (tertiary/aromatic N) is 5. The van der Waals surface area contributed by atoms with Gasteiger partial charge in [-0.05, 0) is 66.7 Å². The van der Waals surface area contributed by atoms with Crippen LogP contribution in [0.15, 0.2) is 120 Å². The minimum Gasteiger partial charge on any atom is -0.366 e. The summed E-state index contributed by atoms with van der Waals surface area (Å²) < 4.78 is 0. The van der Waals surface area contributed by atoms with E-state index >= 15 is 0 Å². The second-order valence-corrected chi connectivity index (χ2v) is 15.3. The molecule has 25 heteroatoms. The lowest BCUT2D eigenvalue weighted by Gasteiger charge is -2.00. The zero-order valence-corrected chi connectivity index (χ0v) is 44.9. The van der Waals surface area contributed by atoms with Crippen LogP contribution in [0.1, 0.15) is 27.0 Å². The topological polar surface area (TPSA) is 187 Å². The van der Waals surface area contributed by atoms with E-state index in [0.29, 0.717) is 56.3 Å². The standard InChI is InChI=1S/C7H5Cl2NO.C7H3Cl2N.C7H3ClN2O2.C7H4ClN.2C6H3Cl3.CH3Cl.CH3NO.Cl2/c8-4-2-1-3-5(9)6(4)7(10)11;8-6-2-1-3-7(9)5(6)4-10;8-6-2-1-3-7(10(11)12)5(6)4-9;8-7-4-2-1-3-6(7)5-9;2*7-4-2-1-3-5(8)6(4)9;1-2;1-2-3;1-2/h1-3H,(H2,10,11);1-3H;1-3H;1-4H;2*1-3H;1H3;1H3;. The molecule has 0 aromatic heterocycles. The number of primary amides is 1. The fourth-order valence-corrected chi connectivity index (χ4v) is 6.12. The number of nitroso groups, excluding NO2 is 1. The number of carbonyl (C=O) groups is 1. The third kappa shape index (κ3) is 27.4. The van der Waals surface area contributed by atoms with Gasteiger partial charge in [0.2, 0.25) is 0 Å². The second-order valence-electron chi connectivity index (χ2n) is 10.5. The Balaban J connectivity index is -0.000000715. The molecule has 67 heavy (non-hydrogen) atoms. The van der Waals surface area contributed by atoms with Gasteiger partial charge in [0.15, 0.2) is 0 Å². The fraction of sp³-hybridized carbons (Fsp3) is 0.0476. The molecule has 6 aromatic carbocycles. The zero-order valence-electron chi connectivity index (χ0n) is 33.6. The smallest absolute Gasteiger partial charge is 0.288 e. The quantitative estimate of drug-likeness (QED) is 0.0587. The van der Waals surface area contributed by atoms with Crippen molar-refractivity contribution in [2.45, 2.75) is 0 Å². The summed E-state index contributed by atoms with van der Waals surface area (Å²) in [4.78, 5) is 28.9. The summed E-state index contributed by atoms with van der Waals surface area (Å²) in [5.74, 6) is -0.611. The number of nitro groups is 1. The number of hydrogen-bond donors (Lipinski definition) is 1. The van der Waals surface area contributed by atoms with Crippen molar-refractivity contribution in [2.75, 3.05) is 13.4 Å². The van der Waals surface area contributed by atoms with Crippen LogP contribution in [-0.2, 0) is 0 Å². The molecule has 10 nitrogen and oxygen atoms in total. The predicted octanol–water partition coefficient (Wildman–Crippen LogP) is 19.2. The van der Waals surface area contributed by atoms with Gasteiger partial charge in [-0.1, -0.05) is 187 Å². The van der Waals surface area contributed by atoms with Gasteiger partial charge in [0.25, 0.3) is 11.6 Å². The highest BCUT2D eigenvalue weighted by Crippen LogP contribution is 2.30. The van der Waals surface area contributed by atoms with Crippen molar-refractivity contribution in [3.05, 3.63) is 213 Å². The lowest BCUT2D eigenvalue weighted by Crippen LogP contribution is -2.12. The first-order valence-electron chi connectivity index (χ1n) is 16.7. The molecule has 0 radical (unpaired) electrons. The Morgan fingerprint density at radius 3 is 1.01 bits per heavy atom. The van der Waals surface area contributed by atoms with Crippen LogP contribution >= 0.6 is 173 Å². The highest BCUT2D eigenvalue weighted by Gasteiger charge is 2.15. The molecule has 0 aliphatic heterocycles. The van der Waals surface area contributed by atoms with E-state index in [2.05, 4.69) is 38.5 Å². The van der Waals surface area contributed by atoms with Gasteiger partial charge >= 0.3 is 0 Å². The van der Waals surface area contributed by atoms with Crippen LogP contribution < -0.4 is 5.73 Å². The van der Waals surface area contributed by atoms with Crippen molar-refractivity contribution < 1.29 is 9.72 Å². The summed E-state index contributed by atoms with van der Waals surface area (Å²) in [5, 5.41) is 42.7. The Morgan fingerprint density at radius 2 is 0.791 bits per heavy atom. The number of nitrogens with two attached hydrogens (primary N) is 1. The van der Waals surface area contributed by atoms with Gasteiger partial charge in [-0.3, -0.25) is 14.9 Å². The van der Waals surface area contributed by atoms with Gasteiger partial charge in [-0.15, -0.1) is 11.6 Å². The van der Waals surface area contributed by atoms with Gasteiger partial charge in [0.1, 0.15) is 23.8 Å². The third-order valence-electron chi connectivity index (χ3n) is 6.39. The molecule has 0 saturated carbocycles. The van der Waals surface area contributed by atoms with E-state index in [4.69, 9.17) is 166 Å².